The van der Waals surface area contributed by atoms with Crippen molar-refractivity contribution >= 4 is 55.4 Å². The largest absolute Gasteiger partial charge is 0.489 e. The van der Waals surface area contributed by atoms with Gasteiger partial charge in [-0.05, 0) is 112 Å². The number of H-pyrrole nitrogens is 1. The van der Waals surface area contributed by atoms with E-state index in [0.717, 1.165) is 62.6 Å². The van der Waals surface area contributed by atoms with Crippen LogP contribution in [-0.4, -0.2) is 122 Å². The maximum absolute atomic E-state index is 14.5. The number of morpholine rings is 1. The Kier molecular flexibility index (Phi) is 10.8. The van der Waals surface area contributed by atoms with Gasteiger partial charge in [0, 0.05) is 80.3 Å². The zero-order chi connectivity index (χ0) is 46.3. The number of amides is 1. The van der Waals surface area contributed by atoms with E-state index in [1.807, 2.05) is 35.4 Å². The summed E-state index contributed by atoms with van der Waals surface area (Å²) in [6.07, 6.45) is 10.6. The maximum Gasteiger partial charge on any atom is 0.297 e. The molecule has 3 N–H and O–H groups in total. The molecule has 3 aromatic carbocycles. The van der Waals surface area contributed by atoms with Gasteiger partial charge in [-0.1, -0.05) is 24.3 Å². The summed E-state index contributed by atoms with van der Waals surface area (Å²) < 4.78 is 48.6. The van der Waals surface area contributed by atoms with Crippen LogP contribution in [-0.2, 0) is 14.8 Å². The van der Waals surface area contributed by atoms with E-state index in [2.05, 4.69) is 60.9 Å². The number of anilines is 4. The number of nitro benzene ring substituents is 1. The molecular weight excluding hydrogens is 887 g/mol. The number of fused-ring (bicyclic) bond motifs is 5. The molecule has 0 unspecified atom stereocenters. The highest BCUT2D eigenvalue weighted by molar-refractivity contribution is 7.90. The third kappa shape index (κ3) is 7.78. The number of nitrogens with one attached hydrogen (secondary N) is 3. The third-order valence-electron chi connectivity index (χ3n) is 15.9. The zero-order valence-electron chi connectivity index (χ0n) is 38.2. The van der Waals surface area contributed by atoms with Crippen molar-refractivity contribution in [1.29, 1.82) is 0 Å². The van der Waals surface area contributed by atoms with Crippen molar-refractivity contribution in [2.24, 2.45) is 5.41 Å². The molecule has 1 spiro atoms. The molecule has 6 aliphatic heterocycles. The van der Waals surface area contributed by atoms with Crippen LogP contribution in [0.5, 0.6) is 11.6 Å². The molecule has 5 fully saturated rings. The average Bonchev–Trinajstić information content (AvgIpc) is 4.15. The lowest BCUT2D eigenvalue weighted by atomic mass is 9.59. The second kappa shape index (κ2) is 16.9. The van der Waals surface area contributed by atoms with Gasteiger partial charge in [0.05, 0.1) is 46.4 Å². The van der Waals surface area contributed by atoms with Crippen molar-refractivity contribution in [2.45, 2.75) is 93.5 Å². The van der Waals surface area contributed by atoms with Crippen LogP contribution in [0.1, 0.15) is 78.9 Å². The van der Waals surface area contributed by atoms with Crippen LogP contribution in [0.4, 0.5) is 28.4 Å². The van der Waals surface area contributed by atoms with E-state index in [9.17, 15) is 23.3 Å². The summed E-state index contributed by atoms with van der Waals surface area (Å²) in [6, 6.07) is 21.7. The molecule has 356 valence electrons. The first-order chi connectivity index (χ1) is 33.0. The lowest BCUT2D eigenvalue weighted by molar-refractivity contribution is -0.384. The number of hydrogen-bond donors (Lipinski definition) is 3. The molecule has 0 radical (unpaired) electrons. The highest BCUT2D eigenvalue weighted by Gasteiger charge is 2.50. The van der Waals surface area contributed by atoms with E-state index in [1.54, 1.807) is 6.07 Å². The number of aromatic amines is 1. The maximum atomic E-state index is 14.5. The quantitative estimate of drug-likeness (QED) is 0.0955. The summed E-state index contributed by atoms with van der Waals surface area (Å²) in [5, 5.41) is 16.6. The highest BCUT2D eigenvalue weighted by Crippen LogP contribution is 2.54. The van der Waals surface area contributed by atoms with Crippen molar-refractivity contribution in [3.63, 3.8) is 0 Å². The topological polar surface area (TPSA) is 188 Å². The van der Waals surface area contributed by atoms with Crippen LogP contribution in [0, 0.1) is 22.5 Å². The van der Waals surface area contributed by atoms with Gasteiger partial charge in [0.2, 0.25) is 5.88 Å². The van der Waals surface area contributed by atoms with E-state index in [1.165, 1.54) is 42.9 Å². The molecule has 7 aliphatic rings. The molecule has 8 heterocycles. The Morgan fingerprint density at radius 3 is 2.62 bits per heavy atom. The number of piperidine rings is 1. The third-order valence-corrected chi connectivity index (χ3v) is 17.2. The Bertz CT molecular complexity index is 2910. The number of ether oxygens (including phenoxy) is 3. The number of nitrogens with zero attached hydrogens (tertiary/aromatic N) is 6. The molecule has 1 aliphatic carbocycles. The monoisotopic (exact) mass is 943 g/mol. The number of pyridine rings is 1. The SMILES string of the molecule is Cc1ccccc1[C@@H]1CCCN1C1CC2(CCN(c3ccc(C(=O)NS(=O)(=O)c4cc5c(c([N+](=O)[O-])c4)N[C@@H](CN4C[C@@H]6C[C@H]4CO6)CO5)c(N4CCCOc5nc6[nH]ccc6cc54)c3)CC2)C1. The van der Waals surface area contributed by atoms with Gasteiger partial charge in [0.1, 0.15) is 17.9 Å². The summed E-state index contributed by atoms with van der Waals surface area (Å²) in [7, 11) is -4.65. The smallest absolute Gasteiger partial charge is 0.297 e. The number of carbonyl (C=O) groups excluding carboxylic acids is 1. The van der Waals surface area contributed by atoms with Gasteiger partial charge < -0.3 is 34.3 Å². The fourth-order valence-corrected chi connectivity index (χ4v) is 13.4. The second-order valence-electron chi connectivity index (χ2n) is 20.0. The first-order valence-corrected chi connectivity index (χ1v) is 25.7. The molecule has 12 rings (SSSR count). The molecule has 68 heavy (non-hydrogen) atoms. The number of aryl methyl sites for hydroxylation is 1. The molecule has 4 atom stereocenters. The molecule has 17 nitrogen and oxygen atoms in total. The minimum atomic E-state index is -4.65. The molecule has 4 saturated heterocycles. The van der Waals surface area contributed by atoms with Gasteiger partial charge in [-0.25, -0.2) is 13.1 Å². The predicted molar refractivity (Wildman–Crippen MR) is 257 cm³/mol. The predicted octanol–water partition coefficient (Wildman–Crippen LogP) is 7.05. The Labute approximate surface area is 395 Å². The van der Waals surface area contributed by atoms with Crippen LogP contribution < -0.4 is 29.3 Å². The van der Waals surface area contributed by atoms with E-state index >= 15 is 0 Å². The normalized spacial score (nSPS) is 24.7. The summed E-state index contributed by atoms with van der Waals surface area (Å²) >= 11 is 0. The van der Waals surface area contributed by atoms with E-state index in [0.29, 0.717) is 79.2 Å². The molecule has 1 amide bonds. The molecule has 2 aromatic heterocycles. The van der Waals surface area contributed by atoms with E-state index in [4.69, 9.17) is 19.2 Å². The van der Waals surface area contributed by atoms with Crippen molar-refractivity contribution in [2.75, 3.05) is 74.2 Å². The number of carbonyl (C=O) groups is 1. The molecule has 2 bridgehead atoms. The van der Waals surface area contributed by atoms with E-state index in [-0.39, 0.29) is 35.8 Å². The van der Waals surface area contributed by atoms with Crippen molar-refractivity contribution < 1.29 is 32.3 Å². The first kappa shape index (κ1) is 43.3. The van der Waals surface area contributed by atoms with Gasteiger partial charge in [-0.3, -0.25) is 24.7 Å². The Balaban J connectivity index is 0.804. The van der Waals surface area contributed by atoms with Crippen molar-refractivity contribution in [3.8, 4) is 11.6 Å². The summed E-state index contributed by atoms with van der Waals surface area (Å²) in [5.41, 5.74) is 5.70. The summed E-state index contributed by atoms with van der Waals surface area (Å²) in [6.45, 7) is 8.23. The van der Waals surface area contributed by atoms with Crippen molar-refractivity contribution in [1.82, 2.24) is 24.5 Å². The number of nitro groups is 1. The molecule has 18 heteroatoms. The highest BCUT2D eigenvalue weighted by atomic mass is 32.2. The summed E-state index contributed by atoms with van der Waals surface area (Å²) in [5.74, 6) is -0.434. The Morgan fingerprint density at radius 2 is 1.82 bits per heavy atom. The van der Waals surface area contributed by atoms with Crippen LogP contribution in [0.15, 0.2) is 77.8 Å². The number of hydrogen-bond acceptors (Lipinski definition) is 14. The number of benzene rings is 3. The minimum Gasteiger partial charge on any atom is -0.489 e. The summed E-state index contributed by atoms with van der Waals surface area (Å²) in [4.78, 5) is 43.3. The number of sulfonamides is 1. The second-order valence-corrected chi connectivity index (χ2v) is 21.7. The van der Waals surface area contributed by atoms with Gasteiger partial charge in [-0.15, -0.1) is 0 Å². The zero-order valence-corrected chi connectivity index (χ0v) is 39.0. The number of aromatic nitrogens is 2. The Morgan fingerprint density at radius 1 is 0.971 bits per heavy atom. The average molecular weight is 944 g/mol. The van der Waals surface area contributed by atoms with E-state index < -0.39 is 31.4 Å². The van der Waals surface area contributed by atoms with Gasteiger partial charge in [-0.2, -0.15) is 4.98 Å². The number of rotatable bonds is 10. The minimum absolute atomic E-state index is 0.0348. The number of likely N-dealkylation sites (tertiary alicyclic amines) is 2. The van der Waals surface area contributed by atoms with Gasteiger partial charge in [0.15, 0.2) is 11.4 Å². The Hall–Kier alpha value is -5.95. The fraction of sp³-hybridized carbons (Fsp3) is 0.480. The van der Waals surface area contributed by atoms with Gasteiger partial charge >= 0.3 is 0 Å². The fourth-order valence-electron chi connectivity index (χ4n) is 12.4. The molecular formula is C50H57N9O8S. The molecule has 5 aromatic rings. The van der Waals surface area contributed by atoms with Crippen LogP contribution in [0.25, 0.3) is 11.0 Å². The lowest BCUT2D eigenvalue weighted by Gasteiger charge is -2.56. The molecule has 1 saturated carbocycles. The van der Waals surface area contributed by atoms with Crippen LogP contribution in [0.3, 0.4) is 0 Å². The van der Waals surface area contributed by atoms with Gasteiger partial charge in [0.25, 0.3) is 21.6 Å². The first-order valence-electron chi connectivity index (χ1n) is 24.2. The standard InChI is InChI=1S/C50H57N9O8S/c1-31-6-2-3-7-39(31)41-8-4-15-57(41)36-25-50(26-36)12-17-55(18-13-50)34-9-10-40(42(22-34)58-16-5-19-65-49-44(58)20-32-11-14-51-47(32)53-49)48(60)54-68(63,64)38-23-43(59(61)62)46-45(24-38)67-29-33(52-46)27-56-28-37-21-35(56)30-66-37/h2-3,6-7,9-11,14,20,22-24,33,35-37,41,52H,4-5,8,12-13,15-19,21,25-30H2,1H3,(H,51,53)(H,54,60)/t33-,35-,37-,41-/m0/s1. The van der Waals surface area contributed by atoms with Crippen LogP contribution >= 0.6 is 0 Å². The van der Waals surface area contributed by atoms with Crippen molar-refractivity contribution in [3.05, 3.63) is 99.7 Å². The van der Waals surface area contributed by atoms with Crippen LogP contribution in [0.2, 0.25) is 0 Å². The lowest BCUT2D eigenvalue weighted by Crippen LogP contribution is -2.54.